The van der Waals surface area contributed by atoms with Crippen LogP contribution in [0.5, 0.6) is 5.75 Å². The number of rotatable bonds is 5. The van der Waals surface area contributed by atoms with Gasteiger partial charge in [-0.15, -0.1) is 0 Å². The molecule has 0 saturated heterocycles. The maximum atomic E-state index is 12.1. The molecule has 0 aliphatic heterocycles. The van der Waals surface area contributed by atoms with Crippen LogP contribution in [0.2, 0.25) is 0 Å². The van der Waals surface area contributed by atoms with Gasteiger partial charge in [0, 0.05) is 11.3 Å². The summed E-state index contributed by atoms with van der Waals surface area (Å²) in [5, 5.41) is 7.70. The summed E-state index contributed by atoms with van der Waals surface area (Å²) < 4.78 is 27.9. The van der Waals surface area contributed by atoms with Gasteiger partial charge in [-0.05, 0) is 62.4 Å². The second-order valence-corrected chi connectivity index (χ2v) is 6.78. The van der Waals surface area contributed by atoms with E-state index >= 15 is 0 Å². The fourth-order valence-corrected chi connectivity index (χ4v) is 2.40. The molecule has 0 heterocycles. The van der Waals surface area contributed by atoms with E-state index in [4.69, 9.17) is 9.88 Å². The van der Waals surface area contributed by atoms with Gasteiger partial charge in [-0.1, -0.05) is 0 Å². The van der Waals surface area contributed by atoms with Crippen molar-refractivity contribution in [3.63, 3.8) is 0 Å². The van der Waals surface area contributed by atoms with Gasteiger partial charge in [0.05, 0.1) is 11.0 Å². The summed E-state index contributed by atoms with van der Waals surface area (Å²) in [5.41, 5.74) is 0.946. The number of amides is 1. The van der Waals surface area contributed by atoms with E-state index in [9.17, 15) is 13.2 Å². The molecule has 0 bridgehead atoms. The average Bonchev–Trinajstić information content (AvgIpc) is 2.47. The predicted octanol–water partition coefficient (Wildman–Crippen LogP) is 2.37. The van der Waals surface area contributed by atoms with Crippen LogP contribution in [0, 0.1) is 0 Å². The maximum Gasteiger partial charge on any atom is 0.255 e. The highest BCUT2D eigenvalue weighted by Gasteiger charge is 2.09. The second-order valence-electron chi connectivity index (χ2n) is 5.21. The zero-order valence-corrected chi connectivity index (χ0v) is 13.6. The Labute approximate surface area is 135 Å². The zero-order chi connectivity index (χ0) is 17.0. The van der Waals surface area contributed by atoms with Gasteiger partial charge in [-0.3, -0.25) is 4.79 Å². The summed E-state index contributed by atoms with van der Waals surface area (Å²) in [5.74, 6) is 0.388. The average molecular weight is 334 g/mol. The summed E-state index contributed by atoms with van der Waals surface area (Å²) in [6.45, 7) is 3.84. The third kappa shape index (κ3) is 4.80. The van der Waals surface area contributed by atoms with E-state index in [0.29, 0.717) is 17.0 Å². The van der Waals surface area contributed by atoms with E-state index in [-0.39, 0.29) is 16.9 Å². The van der Waals surface area contributed by atoms with E-state index in [1.54, 1.807) is 24.3 Å². The number of sulfonamides is 1. The van der Waals surface area contributed by atoms with Crippen LogP contribution in [0.4, 0.5) is 5.69 Å². The minimum Gasteiger partial charge on any atom is -0.491 e. The third-order valence-electron chi connectivity index (χ3n) is 2.93. The molecule has 23 heavy (non-hydrogen) atoms. The van der Waals surface area contributed by atoms with Crippen molar-refractivity contribution in [3.8, 4) is 5.75 Å². The Morgan fingerprint density at radius 3 is 2.09 bits per heavy atom. The molecule has 0 fully saturated rings. The highest BCUT2D eigenvalue weighted by Crippen LogP contribution is 2.16. The highest BCUT2D eigenvalue weighted by molar-refractivity contribution is 7.89. The van der Waals surface area contributed by atoms with E-state index in [0.717, 1.165) is 0 Å². The fraction of sp³-hybridized carbons (Fsp3) is 0.188. The van der Waals surface area contributed by atoms with Crippen molar-refractivity contribution in [3.05, 3.63) is 54.1 Å². The Kier molecular flexibility index (Phi) is 5.02. The number of hydrogen-bond donors (Lipinski definition) is 2. The monoisotopic (exact) mass is 334 g/mol. The number of carbonyl (C=O) groups is 1. The van der Waals surface area contributed by atoms with Gasteiger partial charge in [-0.2, -0.15) is 0 Å². The van der Waals surface area contributed by atoms with Crippen LogP contribution in [0.15, 0.2) is 53.4 Å². The molecule has 0 aliphatic rings. The van der Waals surface area contributed by atoms with Crippen LogP contribution in [0.1, 0.15) is 24.2 Å². The van der Waals surface area contributed by atoms with Gasteiger partial charge in [0.1, 0.15) is 5.75 Å². The lowest BCUT2D eigenvalue weighted by Crippen LogP contribution is -2.14. The van der Waals surface area contributed by atoms with Crippen LogP contribution in [-0.4, -0.2) is 20.4 Å². The predicted molar refractivity (Wildman–Crippen MR) is 88.0 cm³/mol. The normalized spacial score (nSPS) is 11.3. The Morgan fingerprint density at radius 2 is 1.61 bits per heavy atom. The van der Waals surface area contributed by atoms with Crippen molar-refractivity contribution >= 4 is 21.6 Å². The van der Waals surface area contributed by atoms with Gasteiger partial charge in [0.15, 0.2) is 0 Å². The van der Waals surface area contributed by atoms with Crippen LogP contribution in [0.25, 0.3) is 0 Å². The second kappa shape index (κ2) is 6.80. The highest BCUT2D eigenvalue weighted by atomic mass is 32.2. The van der Waals surface area contributed by atoms with Crippen LogP contribution in [0.3, 0.4) is 0 Å². The summed E-state index contributed by atoms with van der Waals surface area (Å²) in [7, 11) is -3.74. The van der Waals surface area contributed by atoms with Crippen LogP contribution < -0.4 is 15.2 Å². The minimum absolute atomic E-state index is 0.00862. The number of nitrogens with one attached hydrogen (secondary N) is 1. The summed E-state index contributed by atoms with van der Waals surface area (Å²) in [6.07, 6.45) is 0.0621. The molecule has 0 radical (unpaired) electrons. The molecule has 2 aromatic carbocycles. The Balaban J connectivity index is 2.07. The first kappa shape index (κ1) is 17.0. The van der Waals surface area contributed by atoms with Gasteiger partial charge >= 0.3 is 0 Å². The van der Waals surface area contributed by atoms with Crippen molar-refractivity contribution in [2.45, 2.75) is 24.8 Å². The lowest BCUT2D eigenvalue weighted by atomic mass is 10.2. The summed E-state index contributed by atoms with van der Waals surface area (Å²) in [4.78, 5) is 12.1. The first-order valence-electron chi connectivity index (χ1n) is 6.96. The fourth-order valence-electron chi connectivity index (χ4n) is 1.89. The number of anilines is 1. The molecule has 0 atom stereocenters. The number of primary sulfonamides is 1. The van der Waals surface area contributed by atoms with E-state index < -0.39 is 10.0 Å². The molecular weight excluding hydrogens is 316 g/mol. The molecule has 0 spiro atoms. The van der Waals surface area contributed by atoms with Crippen molar-refractivity contribution in [1.82, 2.24) is 0 Å². The standard InChI is InChI=1S/C16H18N2O4S/c1-11(2)22-14-7-3-12(4-8-14)16(19)18-13-5-9-15(10-6-13)23(17,20)21/h3-11H,1-2H3,(H,18,19)(H2,17,20,21). The molecule has 6 nitrogen and oxygen atoms in total. The number of nitrogens with two attached hydrogens (primary N) is 1. The van der Waals surface area contributed by atoms with Crippen molar-refractivity contribution in [1.29, 1.82) is 0 Å². The number of hydrogen-bond acceptors (Lipinski definition) is 4. The van der Waals surface area contributed by atoms with Gasteiger partial charge in [-0.25, -0.2) is 13.6 Å². The van der Waals surface area contributed by atoms with E-state index in [1.165, 1.54) is 24.3 Å². The quantitative estimate of drug-likeness (QED) is 0.877. The Hall–Kier alpha value is -2.38. The molecule has 0 aliphatic carbocycles. The molecular formula is C16H18N2O4S. The molecule has 2 rings (SSSR count). The molecule has 7 heteroatoms. The smallest absolute Gasteiger partial charge is 0.255 e. The van der Waals surface area contributed by atoms with Gasteiger partial charge in [0.25, 0.3) is 5.91 Å². The Morgan fingerprint density at radius 1 is 1.04 bits per heavy atom. The maximum absolute atomic E-state index is 12.1. The SMILES string of the molecule is CC(C)Oc1ccc(C(=O)Nc2ccc(S(N)(=O)=O)cc2)cc1. The first-order chi connectivity index (χ1) is 10.8. The largest absolute Gasteiger partial charge is 0.491 e. The van der Waals surface area contributed by atoms with E-state index in [1.807, 2.05) is 13.8 Å². The van der Waals surface area contributed by atoms with Gasteiger partial charge < -0.3 is 10.1 Å². The number of benzene rings is 2. The summed E-state index contributed by atoms with van der Waals surface area (Å²) in [6, 6.07) is 12.4. The molecule has 1 amide bonds. The van der Waals surface area contributed by atoms with Crippen molar-refractivity contribution in [2.24, 2.45) is 5.14 Å². The van der Waals surface area contributed by atoms with Crippen LogP contribution in [-0.2, 0) is 10.0 Å². The Bertz CT molecular complexity index is 782. The molecule has 0 unspecified atom stereocenters. The molecule has 0 aromatic heterocycles. The van der Waals surface area contributed by atoms with Crippen LogP contribution >= 0.6 is 0 Å². The molecule has 0 saturated carbocycles. The third-order valence-corrected chi connectivity index (χ3v) is 3.86. The number of ether oxygens (including phenoxy) is 1. The molecule has 122 valence electrons. The number of carbonyl (C=O) groups excluding carboxylic acids is 1. The van der Waals surface area contributed by atoms with Crippen molar-refractivity contribution < 1.29 is 17.9 Å². The first-order valence-corrected chi connectivity index (χ1v) is 8.51. The lowest BCUT2D eigenvalue weighted by Gasteiger charge is -2.10. The minimum atomic E-state index is -3.74. The van der Waals surface area contributed by atoms with E-state index in [2.05, 4.69) is 5.32 Å². The summed E-state index contributed by atoms with van der Waals surface area (Å²) >= 11 is 0. The zero-order valence-electron chi connectivity index (χ0n) is 12.8. The molecule has 2 aromatic rings. The molecule has 3 N–H and O–H groups in total. The lowest BCUT2D eigenvalue weighted by molar-refractivity contribution is 0.102. The van der Waals surface area contributed by atoms with Crippen molar-refractivity contribution in [2.75, 3.05) is 5.32 Å². The topological polar surface area (TPSA) is 98.5 Å². The van der Waals surface area contributed by atoms with Gasteiger partial charge in [0.2, 0.25) is 10.0 Å².